The van der Waals surface area contributed by atoms with Gasteiger partial charge in [0.25, 0.3) is 5.91 Å². The quantitative estimate of drug-likeness (QED) is 0.660. The van der Waals surface area contributed by atoms with Gasteiger partial charge in [-0.1, -0.05) is 11.6 Å². The normalized spacial score (nSPS) is 15.9. The number of halogens is 1. The number of hydrogen-bond donors (Lipinski definition) is 0. The second kappa shape index (κ2) is 8.38. The number of ketones is 1. The van der Waals surface area contributed by atoms with E-state index in [0.29, 0.717) is 21.9 Å². The van der Waals surface area contributed by atoms with Crippen LogP contribution in [-0.4, -0.2) is 32.9 Å². The maximum atomic E-state index is 13.1. The number of aliphatic imine (C=N–C) groups is 1. The molecular formula is C22H18ClNO5S. The Balaban J connectivity index is 2.07. The fourth-order valence-corrected chi connectivity index (χ4v) is 4.35. The van der Waals surface area contributed by atoms with E-state index >= 15 is 0 Å². The molecule has 8 heteroatoms. The van der Waals surface area contributed by atoms with Crippen molar-refractivity contribution in [2.45, 2.75) is 18.7 Å². The number of benzene rings is 2. The first kappa shape index (κ1) is 21.7. The minimum Gasteiger partial charge on any atom is -0.497 e. The number of amides is 1. The van der Waals surface area contributed by atoms with Crippen molar-refractivity contribution >= 4 is 38.8 Å². The average Bonchev–Trinajstić information content (AvgIpc) is 2.74. The monoisotopic (exact) mass is 443 g/mol. The minimum absolute atomic E-state index is 0.0568. The highest BCUT2D eigenvalue weighted by atomic mass is 35.5. The fraction of sp³-hybridized carbons (Fsp3) is 0.136. The molecule has 0 saturated carbocycles. The molecule has 6 nitrogen and oxygen atoms in total. The van der Waals surface area contributed by atoms with E-state index in [0.717, 1.165) is 6.08 Å². The second-order valence-electron chi connectivity index (χ2n) is 6.58. The van der Waals surface area contributed by atoms with Gasteiger partial charge in [-0.25, -0.2) is 13.4 Å². The van der Waals surface area contributed by atoms with Gasteiger partial charge in [0.05, 0.1) is 17.7 Å². The van der Waals surface area contributed by atoms with E-state index in [1.807, 2.05) is 0 Å². The summed E-state index contributed by atoms with van der Waals surface area (Å²) in [6.07, 6.45) is 1.15. The van der Waals surface area contributed by atoms with Gasteiger partial charge in [-0.05, 0) is 74.0 Å². The first-order chi connectivity index (χ1) is 14.1. The average molecular weight is 444 g/mol. The molecular weight excluding hydrogens is 426 g/mol. The summed E-state index contributed by atoms with van der Waals surface area (Å²) in [5.41, 5.74) is 1.07. The number of sulfone groups is 1. The van der Waals surface area contributed by atoms with Crippen molar-refractivity contribution in [1.82, 2.24) is 0 Å². The maximum Gasteiger partial charge on any atom is 0.277 e. The first-order valence-corrected chi connectivity index (χ1v) is 10.7. The van der Waals surface area contributed by atoms with E-state index in [1.165, 1.54) is 50.4 Å². The Hall–Kier alpha value is -3.03. The van der Waals surface area contributed by atoms with Crippen LogP contribution in [0.25, 0.3) is 0 Å². The first-order valence-electron chi connectivity index (χ1n) is 8.87. The van der Waals surface area contributed by atoms with Gasteiger partial charge in [0.15, 0.2) is 0 Å². The van der Waals surface area contributed by atoms with Gasteiger partial charge in [-0.3, -0.25) is 9.59 Å². The van der Waals surface area contributed by atoms with Crippen molar-refractivity contribution in [1.29, 1.82) is 0 Å². The molecule has 0 spiro atoms. The Kier molecular flexibility index (Phi) is 6.05. The number of hydrogen-bond acceptors (Lipinski definition) is 5. The molecule has 0 unspecified atom stereocenters. The molecule has 30 heavy (non-hydrogen) atoms. The van der Waals surface area contributed by atoms with Crippen LogP contribution < -0.4 is 4.74 Å². The van der Waals surface area contributed by atoms with E-state index < -0.39 is 26.4 Å². The zero-order valence-corrected chi connectivity index (χ0v) is 18.0. The van der Waals surface area contributed by atoms with Gasteiger partial charge in [0, 0.05) is 16.2 Å². The van der Waals surface area contributed by atoms with Crippen molar-refractivity contribution in [3.8, 4) is 5.75 Å². The third-order valence-corrected chi connectivity index (χ3v) is 6.78. The molecule has 0 heterocycles. The molecule has 2 aromatic rings. The van der Waals surface area contributed by atoms with E-state index in [4.69, 9.17) is 16.3 Å². The van der Waals surface area contributed by atoms with Crippen LogP contribution in [0, 0.1) is 0 Å². The standard InChI is InChI=1S/C22H18ClNO5S/c1-13-14(2)21(25)20(30(27,28)18-10-8-17(29-3)9-11-18)12-19(13)24-22(26)15-4-6-16(23)7-5-15/h4-12H,1-3H3. The Labute approximate surface area is 179 Å². The van der Waals surface area contributed by atoms with Gasteiger partial charge >= 0.3 is 0 Å². The van der Waals surface area contributed by atoms with Crippen LogP contribution in [0.2, 0.25) is 5.02 Å². The predicted octanol–water partition coefficient (Wildman–Crippen LogP) is 4.21. The molecule has 154 valence electrons. The zero-order valence-electron chi connectivity index (χ0n) is 16.5. The van der Waals surface area contributed by atoms with Crippen LogP contribution in [0.15, 0.2) is 80.5 Å². The molecule has 0 radical (unpaired) electrons. The van der Waals surface area contributed by atoms with Gasteiger partial charge in [0.2, 0.25) is 15.6 Å². The fourth-order valence-electron chi connectivity index (χ4n) is 2.81. The number of carbonyl (C=O) groups excluding carboxylic acids is 2. The summed E-state index contributed by atoms with van der Waals surface area (Å²) >= 11 is 5.84. The van der Waals surface area contributed by atoms with Crippen molar-refractivity contribution in [3.63, 3.8) is 0 Å². The van der Waals surface area contributed by atoms with Crippen LogP contribution in [0.5, 0.6) is 5.75 Å². The lowest BCUT2D eigenvalue weighted by molar-refractivity contribution is -0.111. The largest absolute Gasteiger partial charge is 0.497 e. The van der Waals surface area contributed by atoms with Crippen LogP contribution in [-0.2, 0) is 14.6 Å². The number of carbonyl (C=O) groups is 2. The Morgan fingerprint density at radius 1 is 0.967 bits per heavy atom. The van der Waals surface area contributed by atoms with Crippen molar-refractivity contribution in [3.05, 3.63) is 81.2 Å². The third kappa shape index (κ3) is 4.13. The molecule has 0 bridgehead atoms. The molecule has 2 aromatic carbocycles. The number of allylic oxidation sites excluding steroid dienone is 4. The highest BCUT2D eigenvalue weighted by Gasteiger charge is 2.32. The van der Waals surface area contributed by atoms with Crippen molar-refractivity contribution in [2.24, 2.45) is 4.99 Å². The van der Waals surface area contributed by atoms with Crippen LogP contribution in [0.4, 0.5) is 0 Å². The van der Waals surface area contributed by atoms with E-state index in [1.54, 1.807) is 19.1 Å². The lowest BCUT2D eigenvalue weighted by Crippen LogP contribution is -2.23. The van der Waals surface area contributed by atoms with E-state index in [-0.39, 0.29) is 16.2 Å². The lowest BCUT2D eigenvalue weighted by Gasteiger charge is -2.17. The number of ether oxygens (including phenoxy) is 1. The summed E-state index contributed by atoms with van der Waals surface area (Å²) in [4.78, 5) is 28.8. The molecule has 1 amide bonds. The van der Waals surface area contributed by atoms with Crippen molar-refractivity contribution < 1.29 is 22.7 Å². The summed E-state index contributed by atoms with van der Waals surface area (Å²) in [6.45, 7) is 3.13. The molecule has 1 aliphatic rings. The summed E-state index contributed by atoms with van der Waals surface area (Å²) in [5.74, 6) is -0.706. The molecule has 0 N–H and O–H groups in total. The van der Waals surface area contributed by atoms with Crippen molar-refractivity contribution in [2.75, 3.05) is 7.11 Å². The molecule has 3 rings (SSSR count). The predicted molar refractivity (Wildman–Crippen MR) is 115 cm³/mol. The number of rotatable bonds is 4. The highest BCUT2D eigenvalue weighted by molar-refractivity contribution is 7.96. The van der Waals surface area contributed by atoms with Gasteiger partial charge in [-0.15, -0.1) is 0 Å². The number of nitrogens with zero attached hydrogens (tertiary/aromatic N) is 1. The van der Waals surface area contributed by atoms with E-state index in [9.17, 15) is 18.0 Å². The van der Waals surface area contributed by atoms with Gasteiger partial charge in [0.1, 0.15) is 10.7 Å². The SMILES string of the molecule is COc1ccc(S(=O)(=O)C2=CC(=NC(=O)c3ccc(Cl)cc3)C(C)=C(C)C2=O)cc1. The summed E-state index contributed by atoms with van der Waals surface area (Å²) in [6, 6.07) is 11.9. The smallest absolute Gasteiger partial charge is 0.277 e. The molecule has 0 saturated heterocycles. The number of methoxy groups -OCH3 is 1. The third-order valence-electron chi connectivity index (χ3n) is 4.75. The van der Waals surface area contributed by atoms with Crippen LogP contribution in [0.1, 0.15) is 24.2 Å². The van der Waals surface area contributed by atoms with Gasteiger partial charge in [-0.2, -0.15) is 0 Å². The lowest BCUT2D eigenvalue weighted by atomic mass is 9.96. The van der Waals surface area contributed by atoms with Crippen LogP contribution in [0.3, 0.4) is 0 Å². The molecule has 1 aliphatic carbocycles. The molecule has 0 atom stereocenters. The molecule has 0 fully saturated rings. The second-order valence-corrected chi connectivity index (χ2v) is 8.93. The van der Waals surface area contributed by atoms with Crippen LogP contribution >= 0.6 is 11.6 Å². The highest BCUT2D eigenvalue weighted by Crippen LogP contribution is 2.29. The zero-order chi connectivity index (χ0) is 22.1. The Morgan fingerprint density at radius 3 is 2.13 bits per heavy atom. The molecule has 0 aliphatic heterocycles. The topological polar surface area (TPSA) is 89.9 Å². The molecule has 0 aromatic heterocycles. The summed E-state index contributed by atoms with van der Waals surface area (Å²) in [7, 11) is -2.65. The minimum atomic E-state index is -4.12. The Morgan fingerprint density at radius 2 is 1.57 bits per heavy atom. The summed E-state index contributed by atoms with van der Waals surface area (Å²) < 4.78 is 31.2. The van der Waals surface area contributed by atoms with Gasteiger partial charge < -0.3 is 4.74 Å². The number of Topliss-reactive ketones (excluding diaryl/α,β-unsaturated/α-hetero) is 1. The van der Waals surface area contributed by atoms with E-state index in [2.05, 4.69) is 4.99 Å². The maximum absolute atomic E-state index is 13.1. The summed E-state index contributed by atoms with van der Waals surface area (Å²) in [5, 5.41) is 0.474. The Bertz CT molecular complexity index is 1220.